The van der Waals surface area contributed by atoms with E-state index in [9.17, 15) is 9.59 Å². The maximum Gasteiger partial charge on any atom is 0.255 e. The van der Waals surface area contributed by atoms with Crippen molar-refractivity contribution in [1.29, 1.82) is 0 Å². The molecule has 0 saturated carbocycles. The molecule has 2 amide bonds. The Kier molecular flexibility index (Phi) is 5.79. The lowest BCUT2D eigenvalue weighted by molar-refractivity contribution is 0.101. The Morgan fingerprint density at radius 3 is 2.33 bits per heavy atom. The highest BCUT2D eigenvalue weighted by Crippen LogP contribution is 2.16. The van der Waals surface area contributed by atoms with Gasteiger partial charge in [-0.2, -0.15) is 0 Å². The minimum atomic E-state index is -0.246. The van der Waals surface area contributed by atoms with Gasteiger partial charge in [-0.3, -0.25) is 14.6 Å². The summed E-state index contributed by atoms with van der Waals surface area (Å²) >= 11 is 0. The van der Waals surface area contributed by atoms with Gasteiger partial charge in [-0.1, -0.05) is 6.07 Å². The van der Waals surface area contributed by atoms with E-state index in [4.69, 9.17) is 4.74 Å². The monoisotopic (exact) mass is 361 g/mol. The van der Waals surface area contributed by atoms with Gasteiger partial charge in [0.1, 0.15) is 5.75 Å². The van der Waals surface area contributed by atoms with Crippen LogP contribution in [0.4, 0.5) is 11.4 Å². The predicted octanol–water partition coefficient (Wildman–Crippen LogP) is 3.98. The lowest BCUT2D eigenvalue weighted by atomic mass is 10.1. The molecule has 0 fully saturated rings. The van der Waals surface area contributed by atoms with Crippen LogP contribution >= 0.6 is 0 Å². The molecule has 3 aromatic rings. The van der Waals surface area contributed by atoms with Crippen LogP contribution in [-0.2, 0) is 0 Å². The van der Waals surface area contributed by atoms with Gasteiger partial charge >= 0.3 is 0 Å². The van der Waals surface area contributed by atoms with Crippen molar-refractivity contribution in [1.82, 2.24) is 4.98 Å². The Morgan fingerprint density at radius 1 is 0.889 bits per heavy atom. The smallest absolute Gasteiger partial charge is 0.255 e. The molecule has 3 rings (SSSR count). The second-order valence-corrected chi connectivity index (χ2v) is 5.69. The average molecular weight is 361 g/mol. The normalized spacial score (nSPS) is 10.1. The van der Waals surface area contributed by atoms with E-state index in [1.807, 2.05) is 6.92 Å². The number of aromatic nitrogens is 1. The van der Waals surface area contributed by atoms with Gasteiger partial charge in [0.2, 0.25) is 0 Å². The fourth-order valence-corrected chi connectivity index (χ4v) is 2.44. The number of amides is 2. The van der Waals surface area contributed by atoms with E-state index in [2.05, 4.69) is 15.6 Å². The largest absolute Gasteiger partial charge is 0.494 e. The van der Waals surface area contributed by atoms with Crippen LogP contribution < -0.4 is 15.4 Å². The third-order valence-corrected chi connectivity index (χ3v) is 3.73. The van der Waals surface area contributed by atoms with Crippen molar-refractivity contribution >= 4 is 23.2 Å². The highest BCUT2D eigenvalue weighted by Gasteiger charge is 2.09. The molecule has 0 aliphatic rings. The number of nitrogens with one attached hydrogen (secondary N) is 2. The molecular formula is C21H19N3O3. The third-order valence-electron chi connectivity index (χ3n) is 3.73. The highest BCUT2D eigenvalue weighted by atomic mass is 16.5. The van der Waals surface area contributed by atoms with Crippen molar-refractivity contribution in [2.45, 2.75) is 6.92 Å². The van der Waals surface area contributed by atoms with E-state index in [-0.39, 0.29) is 11.8 Å². The molecule has 0 atom stereocenters. The van der Waals surface area contributed by atoms with Gasteiger partial charge < -0.3 is 15.4 Å². The number of hydrogen-bond acceptors (Lipinski definition) is 4. The number of ether oxygens (including phenoxy) is 1. The molecule has 0 aliphatic heterocycles. The SMILES string of the molecule is CCOc1cccc(C(=O)Nc2ccc(C(=O)Nc3cccnc3)cc2)c1. The molecule has 1 aromatic heterocycles. The Balaban J connectivity index is 1.64. The number of nitrogens with zero attached hydrogens (tertiary/aromatic N) is 1. The summed E-state index contributed by atoms with van der Waals surface area (Å²) in [5.41, 5.74) is 2.20. The maximum atomic E-state index is 12.4. The number of pyridine rings is 1. The molecule has 0 spiro atoms. The topological polar surface area (TPSA) is 80.3 Å². The Morgan fingerprint density at radius 2 is 1.63 bits per heavy atom. The van der Waals surface area contributed by atoms with E-state index < -0.39 is 0 Å². The Bertz CT molecular complexity index is 925. The van der Waals surface area contributed by atoms with Crippen molar-refractivity contribution < 1.29 is 14.3 Å². The van der Waals surface area contributed by atoms with Crippen LogP contribution in [0.25, 0.3) is 0 Å². The van der Waals surface area contributed by atoms with Crippen LogP contribution in [0.15, 0.2) is 73.1 Å². The minimum absolute atomic E-state index is 0.245. The summed E-state index contributed by atoms with van der Waals surface area (Å²) in [5, 5.41) is 5.57. The lowest BCUT2D eigenvalue weighted by Crippen LogP contribution is -2.14. The summed E-state index contributed by atoms with van der Waals surface area (Å²) in [4.78, 5) is 28.6. The molecule has 27 heavy (non-hydrogen) atoms. The molecule has 6 nitrogen and oxygen atoms in total. The number of carbonyl (C=O) groups is 2. The van der Waals surface area contributed by atoms with Crippen molar-refractivity contribution in [3.63, 3.8) is 0 Å². The van der Waals surface area contributed by atoms with Gasteiger partial charge in [0.15, 0.2) is 0 Å². The highest BCUT2D eigenvalue weighted by molar-refractivity contribution is 6.06. The zero-order valence-corrected chi connectivity index (χ0v) is 14.8. The molecule has 0 saturated heterocycles. The first-order valence-corrected chi connectivity index (χ1v) is 8.51. The fourth-order valence-electron chi connectivity index (χ4n) is 2.44. The number of carbonyl (C=O) groups excluding carboxylic acids is 2. The minimum Gasteiger partial charge on any atom is -0.494 e. The van der Waals surface area contributed by atoms with E-state index in [0.29, 0.717) is 34.9 Å². The molecule has 2 N–H and O–H groups in total. The van der Waals surface area contributed by atoms with Crippen molar-refractivity contribution in [3.8, 4) is 5.75 Å². The second-order valence-electron chi connectivity index (χ2n) is 5.69. The summed E-state index contributed by atoms with van der Waals surface area (Å²) in [5.74, 6) is 0.155. The van der Waals surface area contributed by atoms with Gasteiger partial charge in [-0.05, 0) is 61.5 Å². The summed E-state index contributed by atoms with van der Waals surface area (Å²) in [6, 6.07) is 17.1. The van der Waals surface area contributed by atoms with Crippen LogP contribution in [0.5, 0.6) is 5.75 Å². The van der Waals surface area contributed by atoms with Crippen LogP contribution in [0.1, 0.15) is 27.6 Å². The van der Waals surface area contributed by atoms with E-state index in [1.54, 1.807) is 73.1 Å². The lowest BCUT2D eigenvalue weighted by Gasteiger charge is -2.09. The van der Waals surface area contributed by atoms with Crippen molar-refractivity contribution in [3.05, 3.63) is 84.2 Å². The molecule has 136 valence electrons. The average Bonchev–Trinajstić information content (AvgIpc) is 2.70. The predicted molar refractivity (Wildman–Crippen MR) is 104 cm³/mol. The number of rotatable bonds is 6. The van der Waals surface area contributed by atoms with Gasteiger partial charge in [-0.15, -0.1) is 0 Å². The molecule has 0 aliphatic carbocycles. The first-order valence-electron chi connectivity index (χ1n) is 8.51. The zero-order valence-electron chi connectivity index (χ0n) is 14.8. The number of benzene rings is 2. The van der Waals surface area contributed by atoms with Gasteiger partial charge in [0.25, 0.3) is 11.8 Å². The number of anilines is 2. The Labute approximate surface area is 157 Å². The molecule has 2 aromatic carbocycles. The van der Waals surface area contributed by atoms with Crippen LogP contribution in [0.3, 0.4) is 0 Å². The van der Waals surface area contributed by atoms with E-state index in [1.165, 1.54) is 0 Å². The molecule has 0 bridgehead atoms. The zero-order chi connectivity index (χ0) is 19.1. The summed E-state index contributed by atoms with van der Waals surface area (Å²) in [7, 11) is 0. The van der Waals surface area contributed by atoms with Crippen LogP contribution in [0.2, 0.25) is 0 Å². The molecular weight excluding hydrogens is 342 g/mol. The molecule has 0 unspecified atom stereocenters. The Hall–Kier alpha value is -3.67. The quantitative estimate of drug-likeness (QED) is 0.696. The van der Waals surface area contributed by atoms with E-state index in [0.717, 1.165) is 0 Å². The van der Waals surface area contributed by atoms with Crippen molar-refractivity contribution in [2.75, 3.05) is 17.2 Å². The summed E-state index contributed by atoms with van der Waals surface area (Å²) in [6.07, 6.45) is 3.21. The summed E-state index contributed by atoms with van der Waals surface area (Å²) in [6.45, 7) is 2.42. The van der Waals surface area contributed by atoms with Crippen LogP contribution in [0, 0.1) is 0 Å². The second kappa shape index (κ2) is 8.62. The van der Waals surface area contributed by atoms with Crippen molar-refractivity contribution in [2.24, 2.45) is 0 Å². The first-order chi connectivity index (χ1) is 13.2. The van der Waals surface area contributed by atoms with Gasteiger partial charge in [0.05, 0.1) is 18.5 Å². The third kappa shape index (κ3) is 4.92. The van der Waals surface area contributed by atoms with Gasteiger partial charge in [-0.25, -0.2) is 0 Å². The first kappa shape index (κ1) is 18.1. The van der Waals surface area contributed by atoms with E-state index >= 15 is 0 Å². The number of hydrogen-bond donors (Lipinski definition) is 2. The van der Waals surface area contributed by atoms with Gasteiger partial charge in [0, 0.05) is 23.0 Å². The standard InChI is InChI=1S/C21H19N3O3/c1-2-27-19-7-3-5-16(13-19)21(26)23-17-10-8-15(9-11-17)20(25)24-18-6-4-12-22-14-18/h3-14H,2H2,1H3,(H,23,26)(H,24,25). The fraction of sp³-hybridized carbons (Fsp3) is 0.0952. The summed E-state index contributed by atoms with van der Waals surface area (Å²) < 4.78 is 5.41. The van der Waals surface area contributed by atoms with Crippen LogP contribution in [-0.4, -0.2) is 23.4 Å². The molecule has 1 heterocycles. The maximum absolute atomic E-state index is 12.4. The molecule has 6 heteroatoms. The molecule has 0 radical (unpaired) electrons.